The summed E-state index contributed by atoms with van der Waals surface area (Å²) in [6, 6.07) is 5.47. The first-order valence-electron chi connectivity index (χ1n) is 7.36. The van der Waals surface area contributed by atoms with Crippen molar-refractivity contribution in [3.8, 4) is 0 Å². The fourth-order valence-corrected chi connectivity index (χ4v) is 3.72. The van der Waals surface area contributed by atoms with Gasteiger partial charge in [-0.2, -0.15) is 17.9 Å². The van der Waals surface area contributed by atoms with Crippen molar-refractivity contribution >= 4 is 33.2 Å². The molecule has 5 nitrogen and oxygen atoms in total. The first-order valence-corrected chi connectivity index (χ1v) is 9.22. The van der Waals surface area contributed by atoms with Gasteiger partial charge >= 0.3 is 6.18 Å². The summed E-state index contributed by atoms with van der Waals surface area (Å²) in [4.78, 5) is 11.1. The lowest BCUT2D eigenvalue weighted by molar-refractivity contribution is -0.139. The lowest BCUT2D eigenvalue weighted by Gasteiger charge is -2.17. The van der Waals surface area contributed by atoms with Crippen LogP contribution in [0.2, 0.25) is 5.02 Å². The second-order valence-electron chi connectivity index (χ2n) is 5.46. The molecule has 0 fully saturated rings. The molecule has 0 heterocycles. The largest absolute Gasteiger partial charge is 0.417 e. The summed E-state index contributed by atoms with van der Waals surface area (Å²) >= 11 is 5.58. The molecule has 146 valence electrons. The molecule has 2 aromatic rings. The number of benzene rings is 2. The van der Waals surface area contributed by atoms with Crippen LogP contribution in [0.5, 0.6) is 0 Å². The minimum atomic E-state index is -4.89. The number of hydrogen-bond acceptors (Lipinski definition) is 3. The quantitative estimate of drug-likeness (QED) is 0.717. The Morgan fingerprint density at radius 1 is 1.15 bits per heavy atom. The number of sulfonamides is 1. The van der Waals surface area contributed by atoms with Crippen LogP contribution in [0, 0.1) is 5.82 Å². The van der Waals surface area contributed by atoms with Crippen molar-refractivity contribution in [1.82, 2.24) is 4.72 Å². The molecule has 1 atom stereocenters. The highest BCUT2D eigenvalue weighted by Gasteiger charge is 2.37. The lowest BCUT2D eigenvalue weighted by atomic mass is 10.2. The molecule has 2 rings (SSSR count). The molecule has 0 aliphatic rings. The van der Waals surface area contributed by atoms with Crippen molar-refractivity contribution < 1.29 is 30.8 Å². The van der Waals surface area contributed by atoms with Crippen molar-refractivity contribution in [2.45, 2.75) is 24.0 Å². The fourth-order valence-electron chi connectivity index (χ4n) is 2.11. The minimum Gasteiger partial charge on any atom is -0.325 e. The van der Waals surface area contributed by atoms with E-state index in [0.29, 0.717) is 6.07 Å². The molecule has 0 spiro atoms. The monoisotopic (exact) mass is 424 g/mol. The van der Waals surface area contributed by atoms with Crippen LogP contribution in [0.3, 0.4) is 0 Å². The molecule has 0 saturated heterocycles. The molecular weight excluding hydrogens is 412 g/mol. The van der Waals surface area contributed by atoms with Gasteiger partial charge < -0.3 is 5.32 Å². The summed E-state index contributed by atoms with van der Waals surface area (Å²) in [5, 5.41) is 2.03. The molecule has 0 saturated carbocycles. The smallest absolute Gasteiger partial charge is 0.325 e. The predicted octanol–water partition coefficient (Wildman–Crippen LogP) is 3.80. The van der Waals surface area contributed by atoms with Gasteiger partial charge in [0.2, 0.25) is 15.9 Å². The summed E-state index contributed by atoms with van der Waals surface area (Å²) in [6.07, 6.45) is -4.89. The highest BCUT2D eigenvalue weighted by molar-refractivity contribution is 7.89. The SMILES string of the molecule is C[C@H](NS(=O)(=O)c1ccccc1C(F)(F)F)C(=O)Nc1ccc(F)c(Cl)c1. The number of halogens is 5. The van der Waals surface area contributed by atoms with E-state index in [9.17, 15) is 30.8 Å². The van der Waals surface area contributed by atoms with E-state index in [1.807, 2.05) is 4.72 Å². The van der Waals surface area contributed by atoms with Gasteiger partial charge in [0.1, 0.15) is 5.82 Å². The van der Waals surface area contributed by atoms with Crippen molar-refractivity contribution in [1.29, 1.82) is 0 Å². The maximum Gasteiger partial charge on any atom is 0.417 e. The summed E-state index contributed by atoms with van der Waals surface area (Å²) in [5.74, 6) is -1.59. The molecular formula is C16H13ClF4N2O3S. The van der Waals surface area contributed by atoms with Gasteiger partial charge in [0, 0.05) is 5.69 Å². The highest BCUT2D eigenvalue weighted by Crippen LogP contribution is 2.33. The van der Waals surface area contributed by atoms with Gasteiger partial charge in [0.25, 0.3) is 0 Å². The topological polar surface area (TPSA) is 75.3 Å². The lowest BCUT2D eigenvalue weighted by Crippen LogP contribution is -2.42. The van der Waals surface area contributed by atoms with Gasteiger partial charge in [0.15, 0.2) is 0 Å². The number of anilines is 1. The van der Waals surface area contributed by atoms with Crippen LogP contribution in [-0.2, 0) is 21.0 Å². The zero-order chi connectivity index (χ0) is 20.4. The van der Waals surface area contributed by atoms with Crippen molar-refractivity contribution in [3.63, 3.8) is 0 Å². The molecule has 0 aromatic heterocycles. The standard InChI is InChI=1S/C16H13ClF4N2O3S/c1-9(15(24)22-10-6-7-13(18)12(17)8-10)23-27(25,26)14-5-3-2-4-11(14)16(19,20)21/h2-9,23H,1H3,(H,22,24)/t9-/m0/s1. The molecule has 0 bridgehead atoms. The van der Waals surface area contributed by atoms with Gasteiger partial charge in [-0.15, -0.1) is 0 Å². The van der Waals surface area contributed by atoms with E-state index in [0.717, 1.165) is 37.3 Å². The molecule has 2 aromatic carbocycles. The third-order valence-corrected chi connectivity index (χ3v) is 5.28. The second kappa shape index (κ2) is 7.83. The molecule has 0 aliphatic carbocycles. The first kappa shape index (κ1) is 21.1. The molecule has 2 N–H and O–H groups in total. The molecule has 0 radical (unpaired) electrons. The van der Waals surface area contributed by atoms with Gasteiger partial charge in [-0.1, -0.05) is 23.7 Å². The van der Waals surface area contributed by atoms with Gasteiger partial charge in [-0.05, 0) is 37.3 Å². The van der Waals surface area contributed by atoms with Gasteiger partial charge in [0.05, 0.1) is 21.5 Å². The molecule has 0 aliphatic heterocycles. The van der Waals surface area contributed by atoms with Crippen LogP contribution in [-0.4, -0.2) is 20.4 Å². The van der Waals surface area contributed by atoms with Gasteiger partial charge in [-0.25, -0.2) is 12.8 Å². The fraction of sp³-hybridized carbons (Fsp3) is 0.188. The van der Waals surface area contributed by atoms with Crippen molar-refractivity contribution in [2.24, 2.45) is 0 Å². The van der Waals surface area contributed by atoms with Crippen LogP contribution < -0.4 is 10.0 Å². The third kappa shape index (κ3) is 5.18. The Morgan fingerprint density at radius 2 is 1.78 bits per heavy atom. The Labute approximate surface area is 157 Å². The predicted molar refractivity (Wildman–Crippen MR) is 91.3 cm³/mol. The Bertz CT molecular complexity index is 964. The third-order valence-electron chi connectivity index (χ3n) is 3.39. The Balaban J connectivity index is 2.20. The normalized spacial score (nSPS) is 13.3. The average Bonchev–Trinajstić information content (AvgIpc) is 2.57. The highest BCUT2D eigenvalue weighted by atomic mass is 35.5. The zero-order valence-electron chi connectivity index (χ0n) is 13.6. The maximum absolute atomic E-state index is 13.1. The maximum atomic E-state index is 13.1. The van der Waals surface area contributed by atoms with E-state index in [4.69, 9.17) is 11.6 Å². The van der Waals surface area contributed by atoms with E-state index < -0.39 is 44.4 Å². The summed E-state index contributed by atoms with van der Waals surface area (Å²) in [5.41, 5.74) is -1.26. The van der Waals surface area contributed by atoms with Crippen LogP contribution in [0.4, 0.5) is 23.2 Å². The summed E-state index contributed by atoms with van der Waals surface area (Å²) < 4.78 is 78.7. The van der Waals surface area contributed by atoms with Gasteiger partial charge in [-0.3, -0.25) is 4.79 Å². The van der Waals surface area contributed by atoms with Crippen molar-refractivity contribution in [3.05, 3.63) is 58.9 Å². The number of carbonyl (C=O) groups excluding carboxylic acids is 1. The summed E-state index contributed by atoms with van der Waals surface area (Å²) in [7, 11) is -4.64. The van der Waals surface area contributed by atoms with E-state index in [1.165, 1.54) is 6.07 Å². The number of alkyl halides is 3. The first-order chi connectivity index (χ1) is 12.4. The molecule has 11 heteroatoms. The number of carbonyl (C=O) groups is 1. The Morgan fingerprint density at radius 3 is 2.37 bits per heavy atom. The van der Waals surface area contributed by atoms with Crippen LogP contribution in [0.1, 0.15) is 12.5 Å². The molecule has 27 heavy (non-hydrogen) atoms. The number of hydrogen-bond donors (Lipinski definition) is 2. The van der Waals surface area contributed by atoms with E-state index >= 15 is 0 Å². The number of nitrogens with one attached hydrogen (secondary N) is 2. The Kier molecular flexibility index (Phi) is 6.13. The van der Waals surface area contributed by atoms with Crippen LogP contribution in [0.15, 0.2) is 47.4 Å². The van der Waals surface area contributed by atoms with Crippen molar-refractivity contribution in [2.75, 3.05) is 5.32 Å². The van der Waals surface area contributed by atoms with Crippen LogP contribution in [0.25, 0.3) is 0 Å². The summed E-state index contributed by atoms with van der Waals surface area (Å²) in [6.45, 7) is 1.15. The number of amides is 1. The average molecular weight is 425 g/mol. The minimum absolute atomic E-state index is 0.0909. The van der Waals surface area contributed by atoms with E-state index in [1.54, 1.807) is 0 Å². The molecule has 0 unspecified atom stereocenters. The Hall–Kier alpha value is -2.17. The van der Waals surface area contributed by atoms with Crippen LogP contribution >= 0.6 is 11.6 Å². The number of rotatable bonds is 5. The molecule has 1 amide bonds. The second-order valence-corrected chi connectivity index (χ2v) is 7.54. The zero-order valence-corrected chi connectivity index (χ0v) is 15.2. The van der Waals surface area contributed by atoms with E-state index in [2.05, 4.69) is 5.32 Å². The van der Waals surface area contributed by atoms with E-state index in [-0.39, 0.29) is 10.7 Å².